The zero-order chi connectivity index (χ0) is 14.7. The molecule has 1 N–H and O–H groups in total. The van der Waals surface area contributed by atoms with Gasteiger partial charge in [0.2, 0.25) is 0 Å². The Kier molecular flexibility index (Phi) is 5.19. The number of rotatable bonds is 4. The molecule has 20 heavy (non-hydrogen) atoms. The molecule has 1 aromatic carbocycles. The van der Waals surface area contributed by atoms with Gasteiger partial charge in [-0.2, -0.15) is 0 Å². The summed E-state index contributed by atoms with van der Waals surface area (Å²) in [5, 5.41) is 10.3. The summed E-state index contributed by atoms with van der Waals surface area (Å²) in [7, 11) is 0. The molecule has 3 unspecified atom stereocenters. The Hall–Kier alpha value is -0.900. The molecule has 0 bridgehead atoms. The molecule has 1 saturated heterocycles. The van der Waals surface area contributed by atoms with Gasteiger partial charge in [-0.3, -0.25) is 0 Å². The molecule has 1 aliphatic rings. The van der Waals surface area contributed by atoms with Crippen LogP contribution in [0.2, 0.25) is 0 Å². The molecule has 1 heterocycles. The molecule has 112 valence electrons. The van der Waals surface area contributed by atoms with Crippen molar-refractivity contribution in [3.05, 3.63) is 34.9 Å². The third kappa shape index (κ3) is 4.30. The lowest BCUT2D eigenvalue weighted by Crippen LogP contribution is -2.34. The van der Waals surface area contributed by atoms with Crippen LogP contribution in [0.1, 0.15) is 49.5 Å². The Morgan fingerprint density at radius 2 is 1.70 bits per heavy atom. The minimum Gasteiger partial charge on any atom is -0.386 e. The first-order valence-corrected chi connectivity index (χ1v) is 7.47. The summed E-state index contributed by atoms with van der Waals surface area (Å²) in [5.74, 6) is 0. The minimum absolute atomic E-state index is 0.189. The second kappa shape index (κ2) is 6.70. The quantitative estimate of drug-likeness (QED) is 0.918. The average Bonchev–Trinajstić information content (AvgIpc) is 2.33. The van der Waals surface area contributed by atoms with Gasteiger partial charge in [0.15, 0.2) is 0 Å². The maximum atomic E-state index is 10.3. The Labute approximate surface area is 121 Å². The zero-order valence-electron chi connectivity index (χ0n) is 12.9. The molecular formula is C17H26O3. The van der Waals surface area contributed by atoms with Gasteiger partial charge in [0.25, 0.3) is 0 Å². The maximum Gasteiger partial charge on any atom is 0.102 e. The van der Waals surface area contributed by atoms with Crippen LogP contribution in [0.25, 0.3) is 0 Å². The monoisotopic (exact) mass is 278 g/mol. The molecule has 3 heteroatoms. The first-order valence-electron chi connectivity index (χ1n) is 7.47. The van der Waals surface area contributed by atoms with E-state index in [0.717, 1.165) is 18.4 Å². The molecule has 0 aromatic heterocycles. The van der Waals surface area contributed by atoms with Crippen LogP contribution in [0.15, 0.2) is 18.2 Å². The van der Waals surface area contributed by atoms with Gasteiger partial charge in [0, 0.05) is 0 Å². The predicted molar refractivity (Wildman–Crippen MR) is 79.9 cm³/mol. The Bertz CT molecular complexity index is 414. The van der Waals surface area contributed by atoms with Gasteiger partial charge in [-0.1, -0.05) is 29.3 Å². The number of hydrogen-bond acceptors (Lipinski definition) is 3. The van der Waals surface area contributed by atoms with E-state index < -0.39 is 6.10 Å². The highest BCUT2D eigenvalue weighted by Crippen LogP contribution is 2.24. The SMILES string of the molecule is Cc1cc(C)cc(C(O)COC2CC(C)OC(C)C2)c1. The third-order valence-corrected chi connectivity index (χ3v) is 3.77. The molecule has 0 aliphatic carbocycles. The van der Waals surface area contributed by atoms with Gasteiger partial charge < -0.3 is 14.6 Å². The molecule has 1 aromatic rings. The van der Waals surface area contributed by atoms with Gasteiger partial charge >= 0.3 is 0 Å². The van der Waals surface area contributed by atoms with E-state index >= 15 is 0 Å². The summed E-state index contributed by atoms with van der Waals surface area (Å²) < 4.78 is 11.6. The molecule has 0 radical (unpaired) electrons. The topological polar surface area (TPSA) is 38.7 Å². The highest BCUT2D eigenvalue weighted by Gasteiger charge is 2.25. The van der Waals surface area contributed by atoms with Crippen LogP contribution < -0.4 is 0 Å². The molecule has 2 rings (SSSR count). The summed E-state index contributed by atoms with van der Waals surface area (Å²) in [5.41, 5.74) is 3.29. The van der Waals surface area contributed by atoms with Gasteiger partial charge in [0.05, 0.1) is 24.9 Å². The van der Waals surface area contributed by atoms with E-state index in [1.54, 1.807) is 0 Å². The molecule has 3 nitrogen and oxygen atoms in total. The molecule has 0 saturated carbocycles. The lowest BCUT2D eigenvalue weighted by Gasteiger charge is -2.32. The smallest absolute Gasteiger partial charge is 0.102 e. The maximum absolute atomic E-state index is 10.3. The first-order chi connectivity index (χ1) is 9.44. The third-order valence-electron chi connectivity index (χ3n) is 3.77. The van der Waals surface area contributed by atoms with Crippen molar-refractivity contribution in [3.8, 4) is 0 Å². The zero-order valence-corrected chi connectivity index (χ0v) is 12.9. The number of aryl methyl sites for hydroxylation is 2. The van der Waals surface area contributed by atoms with Gasteiger partial charge in [0.1, 0.15) is 6.10 Å². The summed E-state index contributed by atoms with van der Waals surface area (Å²) >= 11 is 0. The number of hydrogen-bond donors (Lipinski definition) is 1. The fourth-order valence-corrected chi connectivity index (χ4v) is 3.01. The Morgan fingerprint density at radius 3 is 2.25 bits per heavy atom. The largest absolute Gasteiger partial charge is 0.386 e. The number of benzene rings is 1. The lowest BCUT2D eigenvalue weighted by atomic mass is 10.0. The molecule has 3 atom stereocenters. The first kappa shape index (κ1) is 15.5. The van der Waals surface area contributed by atoms with Crippen molar-refractivity contribution in [2.45, 2.75) is 65.0 Å². The van der Waals surface area contributed by atoms with Crippen LogP contribution in [0, 0.1) is 13.8 Å². The molecular weight excluding hydrogens is 252 g/mol. The van der Waals surface area contributed by atoms with E-state index in [9.17, 15) is 5.11 Å². The van der Waals surface area contributed by atoms with Crippen molar-refractivity contribution in [1.29, 1.82) is 0 Å². The molecule has 1 aliphatic heterocycles. The number of aliphatic hydroxyl groups excluding tert-OH is 1. The lowest BCUT2D eigenvalue weighted by molar-refractivity contribution is -0.113. The van der Waals surface area contributed by atoms with Gasteiger partial charge in [-0.05, 0) is 46.1 Å². The standard InChI is InChI=1S/C17H26O3/c1-11-5-12(2)7-15(6-11)17(18)10-19-16-8-13(3)20-14(4)9-16/h5-7,13-14,16-18H,8-10H2,1-4H3. The predicted octanol–water partition coefficient (Wildman–Crippen LogP) is 3.31. The molecule has 0 spiro atoms. The fourth-order valence-electron chi connectivity index (χ4n) is 3.01. The summed E-state index contributed by atoms with van der Waals surface area (Å²) in [6, 6.07) is 6.16. The van der Waals surface area contributed by atoms with Crippen LogP contribution in [-0.2, 0) is 9.47 Å². The molecule has 0 amide bonds. The van der Waals surface area contributed by atoms with Crippen molar-refractivity contribution in [1.82, 2.24) is 0 Å². The summed E-state index contributed by atoms with van der Waals surface area (Å²) in [6.07, 6.45) is 1.92. The van der Waals surface area contributed by atoms with Crippen LogP contribution in [-0.4, -0.2) is 30.0 Å². The van der Waals surface area contributed by atoms with E-state index in [1.165, 1.54) is 11.1 Å². The number of ether oxygens (including phenoxy) is 2. The fraction of sp³-hybridized carbons (Fsp3) is 0.647. The van der Waals surface area contributed by atoms with Crippen molar-refractivity contribution < 1.29 is 14.6 Å². The second-order valence-electron chi connectivity index (χ2n) is 6.12. The Morgan fingerprint density at radius 1 is 1.15 bits per heavy atom. The van der Waals surface area contributed by atoms with Crippen LogP contribution in [0.4, 0.5) is 0 Å². The van der Waals surface area contributed by atoms with Crippen molar-refractivity contribution >= 4 is 0 Å². The van der Waals surface area contributed by atoms with Crippen LogP contribution in [0.3, 0.4) is 0 Å². The normalized spacial score (nSPS) is 28.4. The van der Waals surface area contributed by atoms with E-state index in [-0.39, 0.29) is 18.3 Å². The van der Waals surface area contributed by atoms with E-state index in [4.69, 9.17) is 9.47 Å². The Balaban J connectivity index is 1.89. The van der Waals surface area contributed by atoms with E-state index in [1.807, 2.05) is 26.0 Å². The van der Waals surface area contributed by atoms with E-state index in [2.05, 4.69) is 19.9 Å². The average molecular weight is 278 g/mol. The highest BCUT2D eigenvalue weighted by molar-refractivity contribution is 5.29. The summed E-state index contributed by atoms with van der Waals surface area (Å²) in [4.78, 5) is 0. The van der Waals surface area contributed by atoms with Crippen LogP contribution in [0.5, 0.6) is 0 Å². The van der Waals surface area contributed by atoms with Crippen LogP contribution >= 0.6 is 0 Å². The van der Waals surface area contributed by atoms with Crippen molar-refractivity contribution in [2.75, 3.05) is 6.61 Å². The van der Waals surface area contributed by atoms with Gasteiger partial charge in [-0.25, -0.2) is 0 Å². The summed E-state index contributed by atoms with van der Waals surface area (Å²) in [6.45, 7) is 8.60. The van der Waals surface area contributed by atoms with Gasteiger partial charge in [-0.15, -0.1) is 0 Å². The van der Waals surface area contributed by atoms with E-state index in [0.29, 0.717) is 6.61 Å². The van der Waals surface area contributed by atoms with Crippen molar-refractivity contribution in [2.24, 2.45) is 0 Å². The molecule has 1 fully saturated rings. The van der Waals surface area contributed by atoms with Crippen molar-refractivity contribution in [3.63, 3.8) is 0 Å². The number of aliphatic hydroxyl groups is 1. The highest BCUT2D eigenvalue weighted by atomic mass is 16.5. The second-order valence-corrected chi connectivity index (χ2v) is 6.12. The minimum atomic E-state index is -0.554.